The van der Waals surface area contributed by atoms with Crippen molar-refractivity contribution in [1.82, 2.24) is 4.98 Å². The van der Waals surface area contributed by atoms with Gasteiger partial charge in [-0.2, -0.15) is 11.8 Å². The summed E-state index contributed by atoms with van der Waals surface area (Å²) >= 11 is 2.97. The number of nitrogens with zero attached hydrogens (tertiary/aromatic N) is 1. The fourth-order valence-electron chi connectivity index (χ4n) is 1.86. The number of aryl methyl sites for hydroxylation is 1. The van der Waals surface area contributed by atoms with Crippen LogP contribution in [-0.2, 0) is 16.0 Å². The van der Waals surface area contributed by atoms with Crippen molar-refractivity contribution in [2.24, 2.45) is 0 Å². The molecule has 2 aromatic heterocycles. The quantitative estimate of drug-likeness (QED) is 0.585. The lowest BCUT2D eigenvalue weighted by atomic mass is 10.3. The van der Waals surface area contributed by atoms with Crippen LogP contribution in [0.5, 0.6) is 0 Å². The molecule has 0 unspecified atom stereocenters. The summed E-state index contributed by atoms with van der Waals surface area (Å²) in [5.74, 6) is 1.13. The van der Waals surface area contributed by atoms with Crippen molar-refractivity contribution < 1.29 is 14.3 Å². The molecule has 0 aromatic carbocycles. The number of pyridine rings is 1. The van der Waals surface area contributed by atoms with Gasteiger partial charge in [0.2, 0.25) is 5.91 Å². The number of hydrogen-bond donors (Lipinski definition) is 1. The molecule has 0 fully saturated rings. The summed E-state index contributed by atoms with van der Waals surface area (Å²) in [7, 11) is 1.33. The molecule has 1 amide bonds. The van der Waals surface area contributed by atoms with Gasteiger partial charge >= 0.3 is 5.97 Å². The minimum absolute atomic E-state index is 0.0983. The van der Waals surface area contributed by atoms with Crippen LogP contribution in [0.1, 0.15) is 21.8 Å². The molecule has 0 spiro atoms. The third-order valence-corrected chi connectivity index (χ3v) is 4.89. The smallest absolute Gasteiger partial charge is 0.350 e. The Morgan fingerprint density at radius 2 is 2.17 bits per heavy atom. The lowest BCUT2D eigenvalue weighted by Gasteiger charge is -2.05. The molecule has 2 rings (SSSR count). The number of methoxy groups -OCH3 is 1. The van der Waals surface area contributed by atoms with Crippen molar-refractivity contribution in [2.45, 2.75) is 12.8 Å². The molecule has 0 radical (unpaired) electrons. The highest BCUT2D eigenvalue weighted by molar-refractivity contribution is 7.99. The largest absolute Gasteiger partial charge is 0.465 e. The van der Waals surface area contributed by atoms with Crippen LogP contribution in [0, 0.1) is 0 Å². The normalized spacial score (nSPS) is 10.3. The Kier molecular flexibility index (Phi) is 7.09. The number of thioether (sulfide) groups is 1. The first-order valence-electron chi connectivity index (χ1n) is 7.14. The fraction of sp³-hybridized carbons (Fsp3) is 0.312. The second-order valence-corrected chi connectivity index (χ2v) is 6.78. The predicted octanol–water partition coefficient (Wildman–Crippen LogP) is 3.23. The summed E-state index contributed by atoms with van der Waals surface area (Å²) in [5.41, 5.74) is 1.58. The number of esters is 1. The molecular weight excluding hydrogens is 332 g/mol. The summed E-state index contributed by atoms with van der Waals surface area (Å²) in [6.45, 7) is 0. The Morgan fingerprint density at radius 3 is 2.91 bits per heavy atom. The maximum Gasteiger partial charge on any atom is 0.350 e. The van der Waals surface area contributed by atoms with E-state index in [0.717, 1.165) is 23.6 Å². The third-order valence-electron chi connectivity index (χ3n) is 3.01. The minimum atomic E-state index is -0.431. The first kappa shape index (κ1) is 17.5. The maximum atomic E-state index is 11.9. The van der Waals surface area contributed by atoms with E-state index < -0.39 is 5.97 Å². The summed E-state index contributed by atoms with van der Waals surface area (Å²) in [5, 5.41) is 4.51. The monoisotopic (exact) mass is 350 g/mol. The SMILES string of the molecule is COC(=O)c1sccc1NC(=O)CCSCCc1ccccn1. The first-order chi connectivity index (χ1) is 11.2. The van der Waals surface area contributed by atoms with Crippen molar-refractivity contribution in [3.05, 3.63) is 46.4 Å². The molecule has 5 nitrogen and oxygen atoms in total. The zero-order valence-electron chi connectivity index (χ0n) is 12.8. The highest BCUT2D eigenvalue weighted by Gasteiger charge is 2.15. The Labute approximate surface area is 143 Å². The van der Waals surface area contributed by atoms with Gasteiger partial charge in [-0.3, -0.25) is 9.78 Å². The molecular formula is C16H18N2O3S2. The summed E-state index contributed by atoms with van der Waals surface area (Å²) in [6.07, 6.45) is 3.08. The van der Waals surface area contributed by atoms with Gasteiger partial charge in [-0.05, 0) is 35.8 Å². The molecule has 122 valence electrons. The highest BCUT2D eigenvalue weighted by Crippen LogP contribution is 2.23. The van der Waals surface area contributed by atoms with Gasteiger partial charge < -0.3 is 10.1 Å². The van der Waals surface area contributed by atoms with Crippen LogP contribution >= 0.6 is 23.1 Å². The van der Waals surface area contributed by atoms with E-state index in [1.165, 1.54) is 18.4 Å². The second-order valence-electron chi connectivity index (χ2n) is 4.64. The molecule has 7 heteroatoms. The standard InChI is InChI=1S/C16H18N2O3S2/c1-21-16(20)15-13(6-11-23-15)18-14(19)7-10-22-9-5-12-4-2-3-8-17-12/h2-4,6,8,11H,5,7,9-10H2,1H3,(H,18,19). The Balaban J connectivity index is 1.67. The molecule has 0 saturated carbocycles. The Morgan fingerprint density at radius 1 is 1.30 bits per heavy atom. The molecule has 0 saturated heterocycles. The van der Waals surface area contributed by atoms with E-state index in [9.17, 15) is 9.59 Å². The van der Waals surface area contributed by atoms with E-state index in [1.807, 2.05) is 18.2 Å². The Hall–Kier alpha value is -1.86. The van der Waals surface area contributed by atoms with E-state index in [-0.39, 0.29) is 5.91 Å². The van der Waals surface area contributed by atoms with Crippen LogP contribution in [0.3, 0.4) is 0 Å². The predicted molar refractivity (Wildman–Crippen MR) is 94.2 cm³/mol. The first-order valence-corrected chi connectivity index (χ1v) is 9.17. The third kappa shape index (κ3) is 5.69. The lowest BCUT2D eigenvalue weighted by molar-refractivity contribution is -0.115. The number of thiophene rings is 1. The molecule has 0 bridgehead atoms. The average Bonchev–Trinajstić information content (AvgIpc) is 3.03. The van der Waals surface area contributed by atoms with Crippen molar-refractivity contribution in [2.75, 3.05) is 23.9 Å². The molecule has 23 heavy (non-hydrogen) atoms. The number of anilines is 1. The summed E-state index contributed by atoms with van der Waals surface area (Å²) < 4.78 is 4.68. The molecule has 0 atom stereocenters. The topological polar surface area (TPSA) is 68.3 Å². The van der Waals surface area contributed by atoms with E-state index in [0.29, 0.717) is 17.0 Å². The van der Waals surface area contributed by atoms with Crippen LogP contribution in [0.4, 0.5) is 5.69 Å². The number of carbonyl (C=O) groups excluding carboxylic acids is 2. The number of rotatable bonds is 8. The van der Waals surface area contributed by atoms with Crippen LogP contribution in [0.15, 0.2) is 35.8 Å². The van der Waals surface area contributed by atoms with Crippen molar-refractivity contribution in [1.29, 1.82) is 0 Å². The minimum Gasteiger partial charge on any atom is -0.465 e. The van der Waals surface area contributed by atoms with Gasteiger partial charge in [-0.15, -0.1) is 11.3 Å². The number of carbonyl (C=O) groups is 2. The van der Waals surface area contributed by atoms with E-state index in [2.05, 4.69) is 15.0 Å². The van der Waals surface area contributed by atoms with Crippen LogP contribution in [-0.4, -0.2) is 35.5 Å². The van der Waals surface area contributed by atoms with Crippen molar-refractivity contribution in [3.8, 4) is 0 Å². The zero-order valence-corrected chi connectivity index (χ0v) is 14.4. The van der Waals surface area contributed by atoms with Crippen LogP contribution in [0.2, 0.25) is 0 Å². The average molecular weight is 350 g/mol. The highest BCUT2D eigenvalue weighted by atomic mass is 32.2. The molecule has 0 aliphatic rings. The molecule has 1 N–H and O–H groups in total. The number of nitrogens with one attached hydrogen (secondary N) is 1. The van der Waals surface area contributed by atoms with Gasteiger partial charge in [0.25, 0.3) is 0 Å². The van der Waals surface area contributed by atoms with Crippen LogP contribution in [0.25, 0.3) is 0 Å². The molecule has 0 aliphatic heterocycles. The number of ether oxygens (including phenoxy) is 1. The number of hydrogen-bond acceptors (Lipinski definition) is 6. The van der Waals surface area contributed by atoms with Gasteiger partial charge in [0.1, 0.15) is 4.88 Å². The van der Waals surface area contributed by atoms with Crippen LogP contribution < -0.4 is 5.32 Å². The van der Waals surface area contributed by atoms with Gasteiger partial charge in [0.15, 0.2) is 0 Å². The Bertz CT molecular complexity index is 644. The summed E-state index contributed by atoms with van der Waals surface area (Å²) in [6, 6.07) is 7.58. The molecule has 2 heterocycles. The number of aromatic nitrogens is 1. The van der Waals surface area contributed by atoms with E-state index in [1.54, 1.807) is 29.4 Å². The molecule has 0 aliphatic carbocycles. The fourth-order valence-corrected chi connectivity index (χ4v) is 3.51. The van der Waals surface area contributed by atoms with Gasteiger partial charge in [0.05, 0.1) is 12.8 Å². The summed E-state index contributed by atoms with van der Waals surface area (Å²) in [4.78, 5) is 28.1. The maximum absolute atomic E-state index is 11.9. The van der Waals surface area contributed by atoms with Gasteiger partial charge in [-0.1, -0.05) is 6.07 Å². The van der Waals surface area contributed by atoms with E-state index in [4.69, 9.17) is 0 Å². The molecule has 2 aromatic rings. The zero-order chi connectivity index (χ0) is 16.5. The van der Waals surface area contributed by atoms with Gasteiger partial charge in [-0.25, -0.2) is 4.79 Å². The van der Waals surface area contributed by atoms with E-state index >= 15 is 0 Å². The van der Waals surface area contributed by atoms with Crippen molar-refractivity contribution in [3.63, 3.8) is 0 Å². The van der Waals surface area contributed by atoms with Gasteiger partial charge in [0, 0.05) is 24.1 Å². The second kappa shape index (κ2) is 9.32. The lowest BCUT2D eigenvalue weighted by Crippen LogP contribution is -2.14. The van der Waals surface area contributed by atoms with Crippen molar-refractivity contribution >= 4 is 40.7 Å². The number of amides is 1.